The molecule has 1 saturated carbocycles. The van der Waals surface area contributed by atoms with Crippen LogP contribution in [0.1, 0.15) is 126 Å². The molecule has 16 nitrogen and oxygen atoms in total. The van der Waals surface area contributed by atoms with Crippen molar-refractivity contribution in [3.63, 3.8) is 0 Å². The van der Waals surface area contributed by atoms with Gasteiger partial charge in [-0.05, 0) is 82.2 Å². The molecule has 2 saturated heterocycles. The zero-order chi connectivity index (χ0) is 42.2. The Morgan fingerprint density at radius 1 is 0.966 bits per heavy atom. The Hall–Kier alpha value is -5.38. The van der Waals surface area contributed by atoms with Crippen molar-refractivity contribution < 1.29 is 38.6 Å². The highest BCUT2D eigenvalue weighted by atomic mass is 16.6. The number of Topliss-reactive ketones (excluding diaryl/α,β-unsaturated/α-hetero) is 1. The Bertz CT molecular complexity index is 2070. The molecule has 0 radical (unpaired) electrons. The van der Waals surface area contributed by atoms with Gasteiger partial charge < -0.3 is 36.4 Å². The van der Waals surface area contributed by atoms with Crippen LogP contribution in [0.4, 0.5) is 4.79 Å². The third-order valence-electron chi connectivity index (χ3n) is 11.9. The van der Waals surface area contributed by atoms with E-state index in [0.717, 1.165) is 37.5 Å². The highest BCUT2D eigenvalue weighted by Gasteiger charge is 2.51. The molecule has 3 aromatic rings. The van der Waals surface area contributed by atoms with Crippen LogP contribution in [0.5, 0.6) is 0 Å². The number of amides is 5. The number of fused-ring (bicyclic) bond motifs is 1. The van der Waals surface area contributed by atoms with Crippen LogP contribution < -0.4 is 16.8 Å². The van der Waals surface area contributed by atoms with E-state index in [4.69, 9.17) is 16.2 Å². The van der Waals surface area contributed by atoms with Crippen LogP contribution in [-0.2, 0) is 29.5 Å². The minimum atomic E-state index is -1.77. The van der Waals surface area contributed by atoms with Crippen LogP contribution in [0.2, 0.25) is 0 Å². The zero-order valence-electron chi connectivity index (χ0n) is 34.0. The average Bonchev–Trinajstić information content (AvgIpc) is 3.85. The van der Waals surface area contributed by atoms with Crippen LogP contribution in [0.15, 0.2) is 42.6 Å². The predicted molar refractivity (Wildman–Crippen MR) is 213 cm³/mol. The molecule has 3 heterocycles. The number of nitrogens with zero attached hydrogens (tertiary/aromatic N) is 5. The van der Waals surface area contributed by atoms with Gasteiger partial charge in [0.05, 0.1) is 23.9 Å². The highest BCUT2D eigenvalue weighted by Crippen LogP contribution is 2.41. The summed E-state index contributed by atoms with van der Waals surface area (Å²) >= 11 is 0. The molecule has 2 aromatic carbocycles. The molecule has 312 valence electrons. The van der Waals surface area contributed by atoms with Crippen LogP contribution in [0, 0.1) is 5.92 Å². The molecule has 0 unspecified atom stereocenters. The number of likely N-dealkylation sites (tertiary alicyclic amines) is 2. The van der Waals surface area contributed by atoms with Gasteiger partial charge in [-0.2, -0.15) is 0 Å². The molecule has 2 aliphatic heterocycles. The first-order chi connectivity index (χ1) is 27.3. The Morgan fingerprint density at radius 2 is 1.64 bits per heavy atom. The third-order valence-corrected chi connectivity index (χ3v) is 11.9. The SMILES string of the molecule is CC(C)(C)OC(=O)N1CCC(NC(=O)[C@@H]2C[C@H](n3nncc3C(C)(C)O)CN2C(=O)[C@H](CC2CCCCC2)c2c(C(N)=O)ccc3ccccc23)(C(=O)C(N)=O)CC1. The second-order valence-corrected chi connectivity index (χ2v) is 17.7. The van der Waals surface area contributed by atoms with Gasteiger partial charge in [-0.1, -0.05) is 67.6 Å². The number of aliphatic hydroxyl groups is 1. The third kappa shape index (κ3) is 8.86. The Balaban J connectivity index is 1.41. The largest absolute Gasteiger partial charge is 0.444 e. The molecule has 3 fully saturated rings. The molecule has 6 rings (SSSR count). The minimum Gasteiger partial charge on any atom is -0.444 e. The highest BCUT2D eigenvalue weighted by molar-refractivity contribution is 6.39. The fourth-order valence-corrected chi connectivity index (χ4v) is 8.98. The van der Waals surface area contributed by atoms with Crippen molar-refractivity contribution in [1.82, 2.24) is 30.1 Å². The first-order valence-corrected chi connectivity index (χ1v) is 20.2. The first kappa shape index (κ1) is 42.2. The standard InChI is InChI=1S/C42H56N8O8/c1-40(2,3)58-39(56)48-19-17-42(18-20-48,34(51)36(44)53)46-37(54)31-22-27(50-32(23-45-47-50)41(4,5)57)24-49(31)38(55)30(21-25-11-7-6-8-12-25)33-28-14-10-9-13-26(28)15-16-29(33)35(43)52/h9-10,13-16,23,25,27,30-31,57H,6-8,11-12,17-22,24H2,1-5H3,(H2,43,52)(H2,44,53)(H,46,54)/t27-,30+,31-/m0/s1. The summed E-state index contributed by atoms with van der Waals surface area (Å²) in [7, 11) is 0. The van der Waals surface area contributed by atoms with Crippen molar-refractivity contribution >= 4 is 46.3 Å². The molecular weight excluding hydrogens is 745 g/mol. The topological polar surface area (TPSA) is 233 Å². The lowest BCUT2D eigenvalue weighted by Crippen LogP contribution is -2.65. The summed E-state index contributed by atoms with van der Waals surface area (Å²) in [5.41, 5.74) is 8.74. The van der Waals surface area contributed by atoms with E-state index in [9.17, 15) is 29.1 Å². The second-order valence-electron chi connectivity index (χ2n) is 17.7. The molecule has 16 heteroatoms. The van der Waals surface area contributed by atoms with Gasteiger partial charge >= 0.3 is 6.09 Å². The maximum absolute atomic E-state index is 15.5. The van der Waals surface area contributed by atoms with E-state index < -0.39 is 70.2 Å². The number of piperidine rings is 1. The van der Waals surface area contributed by atoms with Crippen LogP contribution in [0.3, 0.4) is 0 Å². The van der Waals surface area contributed by atoms with Gasteiger partial charge in [-0.15, -0.1) is 5.10 Å². The zero-order valence-corrected chi connectivity index (χ0v) is 34.0. The van der Waals surface area contributed by atoms with Gasteiger partial charge in [0.2, 0.25) is 23.5 Å². The van der Waals surface area contributed by atoms with Gasteiger partial charge in [0.15, 0.2) is 0 Å². The first-order valence-electron chi connectivity index (χ1n) is 20.2. The number of ketones is 1. The molecule has 5 amide bonds. The summed E-state index contributed by atoms with van der Waals surface area (Å²) in [6.45, 7) is 8.31. The Kier molecular flexibility index (Phi) is 12.0. The molecule has 1 aliphatic carbocycles. The summed E-state index contributed by atoms with van der Waals surface area (Å²) in [6, 6.07) is 9.09. The maximum Gasteiger partial charge on any atom is 0.410 e. The number of rotatable bonds is 11. The average molecular weight is 801 g/mol. The number of carbonyl (C=O) groups excluding carboxylic acids is 6. The molecule has 58 heavy (non-hydrogen) atoms. The van der Waals surface area contributed by atoms with E-state index in [0.29, 0.717) is 23.1 Å². The lowest BCUT2D eigenvalue weighted by molar-refractivity contribution is -0.146. The van der Waals surface area contributed by atoms with E-state index in [1.807, 2.05) is 24.3 Å². The summed E-state index contributed by atoms with van der Waals surface area (Å²) in [5.74, 6) is -4.78. The fourth-order valence-electron chi connectivity index (χ4n) is 8.98. The summed E-state index contributed by atoms with van der Waals surface area (Å²) in [6.07, 6.45) is 5.91. The van der Waals surface area contributed by atoms with E-state index in [2.05, 4.69) is 15.6 Å². The number of primary amides is 2. The fraction of sp³-hybridized carbons (Fsp3) is 0.571. The number of nitrogens with one attached hydrogen (secondary N) is 1. The molecule has 1 aromatic heterocycles. The molecule has 3 atom stereocenters. The van der Waals surface area contributed by atoms with Gasteiger partial charge in [0.1, 0.15) is 22.8 Å². The van der Waals surface area contributed by atoms with Gasteiger partial charge in [-0.3, -0.25) is 24.0 Å². The lowest BCUT2D eigenvalue weighted by Gasteiger charge is -2.41. The summed E-state index contributed by atoms with van der Waals surface area (Å²) in [4.78, 5) is 85.4. The molecular formula is C42H56N8O8. The van der Waals surface area contributed by atoms with Crippen LogP contribution >= 0.6 is 0 Å². The molecule has 3 aliphatic rings. The monoisotopic (exact) mass is 800 g/mol. The molecule has 0 spiro atoms. The maximum atomic E-state index is 15.5. The van der Waals surface area contributed by atoms with Crippen molar-refractivity contribution in [2.24, 2.45) is 17.4 Å². The smallest absolute Gasteiger partial charge is 0.410 e. The minimum absolute atomic E-state index is 0.0154. The van der Waals surface area contributed by atoms with Gasteiger partial charge in [0.25, 0.3) is 5.91 Å². The van der Waals surface area contributed by atoms with Crippen molar-refractivity contribution in [2.45, 2.75) is 127 Å². The van der Waals surface area contributed by atoms with Crippen LogP contribution in [0.25, 0.3) is 10.8 Å². The predicted octanol–water partition coefficient (Wildman–Crippen LogP) is 3.59. The number of aromatic nitrogens is 3. The second kappa shape index (κ2) is 16.5. The summed E-state index contributed by atoms with van der Waals surface area (Å²) in [5, 5.41) is 23.7. The van der Waals surface area contributed by atoms with Crippen molar-refractivity contribution in [3.8, 4) is 0 Å². The number of carbonyl (C=O) groups is 6. The van der Waals surface area contributed by atoms with Gasteiger partial charge in [-0.25, -0.2) is 9.48 Å². The number of hydrogen-bond acceptors (Lipinski definition) is 10. The number of nitrogens with two attached hydrogens (primary N) is 2. The van der Waals surface area contributed by atoms with E-state index in [-0.39, 0.29) is 50.4 Å². The Labute approximate surface area is 338 Å². The van der Waals surface area contributed by atoms with Crippen LogP contribution in [-0.4, -0.2) is 102 Å². The van der Waals surface area contributed by atoms with E-state index >= 15 is 4.79 Å². The molecule has 6 N–H and O–H groups in total. The lowest BCUT2D eigenvalue weighted by atomic mass is 9.77. The van der Waals surface area contributed by atoms with Gasteiger partial charge in [0, 0.05) is 31.6 Å². The van der Waals surface area contributed by atoms with E-state index in [1.54, 1.807) is 46.8 Å². The van der Waals surface area contributed by atoms with Crippen molar-refractivity contribution in [3.05, 3.63) is 59.4 Å². The number of ether oxygens (including phenoxy) is 1. The number of benzene rings is 2. The summed E-state index contributed by atoms with van der Waals surface area (Å²) < 4.78 is 7.03. The quantitative estimate of drug-likeness (QED) is 0.206. The normalized spacial score (nSPS) is 20.7. The molecule has 0 bridgehead atoms. The number of hydrogen-bond donors (Lipinski definition) is 4. The van der Waals surface area contributed by atoms with E-state index in [1.165, 1.54) is 20.7 Å². The van der Waals surface area contributed by atoms with Crippen molar-refractivity contribution in [2.75, 3.05) is 19.6 Å². The van der Waals surface area contributed by atoms with Crippen molar-refractivity contribution in [1.29, 1.82) is 0 Å². The Morgan fingerprint density at radius 3 is 2.26 bits per heavy atom.